The van der Waals surface area contributed by atoms with Crippen molar-refractivity contribution in [3.8, 4) is 0 Å². The smallest absolute Gasteiger partial charge is 0.165 e. The van der Waals surface area contributed by atoms with Crippen LogP contribution in [0.5, 0.6) is 0 Å². The van der Waals surface area contributed by atoms with E-state index >= 15 is 0 Å². The largest absolute Gasteiger partial charge is 0.453 e. The Bertz CT molecular complexity index is 776. The van der Waals surface area contributed by atoms with Gasteiger partial charge in [0.25, 0.3) is 0 Å². The molecule has 1 atom stereocenters. The molecule has 4 nitrogen and oxygen atoms in total. The topological polar surface area (TPSA) is 42.2 Å². The molecule has 0 N–H and O–H groups in total. The van der Waals surface area contributed by atoms with Gasteiger partial charge in [-0.2, -0.15) is 0 Å². The average molecular weight is 360 g/mol. The van der Waals surface area contributed by atoms with Gasteiger partial charge in [0.05, 0.1) is 12.2 Å². The lowest BCUT2D eigenvalue weighted by atomic mass is 10.2. The molecule has 0 saturated carbocycles. The number of halogens is 1. The molecule has 6 heteroatoms. The van der Waals surface area contributed by atoms with Crippen molar-refractivity contribution in [2.24, 2.45) is 0 Å². The van der Waals surface area contributed by atoms with Gasteiger partial charge in [-0.1, -0.05) is 23.4 Å². The highest BCUT2D eigenvalue weighted by atomic mass is 35.5. The van der Waals surface area contributed by atoms with E-state index in [1.165, 1.54) is 0 Å². The molecule has 0 aliphatic rings. The molecule has 3 rings (SSSR count). The van der Waals surface area contributed by atoms with Crippen LogP contribution in [0.4, 0.5) is 0 Å². The van der Waals surface area contributed by atoms with E-state index in [1.54, 1.807) is 24.3 Å². The van der Waals surface area contributed by atoms with Gasteiger partial charge < -0.3 is 4.42 Å². The highest BCUT2D eigenvalue weighted by molar-refractivity contribution is 7.99. The van der Waals surface area contributed by atoms with Crippen LogP contribution in [-0.4, -0.2) is 21.9 Å². The van der Waals surface area contributed by atoms with Crippen LogP contribution in [-0.2, 0) is 6.54 Å². The summed E-state index contributed by atoms with van der Waals surface area (Å²) >= 11 is 7.49. The first-order chi connectivity index (χ1) is 11.6. The van der Waals surface area contributed by atoms with Gasteiger partial charge in [0.15, 0.2) is 5.09 Å². The van der Waals surface area contributed by atoms with E-state index in [0.29, 0.717) is 6.54 Å². The Balaban J connectivity index is 1.62. The monoisotopic (exact) mass is 359 g/mol. The maximum absolute atomic E-state index is 5.93. The fourth-order valence-corrected chi connectivity index (χ4v) is 3.19. The van der Waals surface area contributed by atoms with Gasteiger partial charge in [-0.15, -0.1) is 0 Å². The first-order valence-electron chi connectivity index (χ1n) is 7.60. The van der Waals surface area contributed by atoms with E-state index in [9.17, 15) is 0 Å². The van der Waals surface area contributed by atoms with Crippen LogP contribution in [0.2, 0.25) is 5.02 Å². The maximum atomic E-state index is 5.93. The summed E-state index contributed by atoms with van der Waals surface area (Å²) < 4.78 is 5.93. The molecule has 124 valence electrons. The summed E-state index contributed by atoms with van der Waals surface area (Å²) in [5.74, 6) is 0.926. The molecular formula is C18H18ClN3OS. The van der Waals surface area contributed by atoms with Crippen LogP contribution in [0, 0.1) is 0 Å². The maximum Gasteiger partial charge on any atom is 0.165 e. The molecule has 2 heterocycles. The molecule has 0 bridgehead atoms. The lowest BCUT2D eigenvalue weighted by Gasteiger charge is -2.22. The molecule has 3 aromatic rings. The number of benzene rings is 1. The molecule has 0 aliphatic carbocycles. The number of rotatable bonds is 6. The molecule has 1 aromatic carbocycles. The van der Waals surface area contributed by atoms with Crippen molar-refractivity contribution in [1.82, 2.24) is 14.9 Å². The van der Waals surface area contributed by atoms with Gasteiger partial charge >= 0.3 is 0 Å². The van der Waals surface area contributed by atoms with Crippen LogP contribution in [0.3, 0.4) is 0 Å². The third-order valence-electron chi connectivity index (χ3n) is 3.77. The second-order valence-corrected chi connectivity index (χ2v) is 7.02. The highest BCUT2D eigenvalue weighted by Gasteiger charge is 2.15. The van der Waals surface area contributed by atoms with Gasteiger partial charge in [-0.05, 0) is 56.4 Å². The molecule has 0 spiro atoms. The normalized spacial score (nSPS) is 12.5. The Labute approximate surface area is 150 Å². The first kappa shape index (κ1) is 17.0. The number of furan rings is 1. The zero-order valence-corrected chi connectivity index (χ0v) is 15.1. The van der Waals surface area contributed by atoms with Crippen molar-refractivity contribution in [1.29, 1.82) is 0 Å². The van der Waals surface area contributed by atoms with Crippen molar-refractivity contribution in [3.05, 3.63) is 71.5 Å². The Morgan fingerprint density at radius 1 is 1.17 bits per heavy atom. The molecule has 2 aromatic heterocycles. The molecular weight excluding hydrogens is 342 g/mol. The molecule has 1 unspecified atom stereocenters. The van der Waals surface area contributed by atoms with Crippen LogP contribution < -0.4 is 0 Å². The van der Waals surface area contributed by atoms with Crippen molar-refractivity contribution >= 4 is 23.4 Å². The third kappa shape index (κ3) is 4.38. The van der Waals surface area contributed by atoms with E-state index in [2.05, 4.69) is 28.8 Å². The fraction of sp³-hybridized carbons (Fsp3) is 0.222. The summed E-state index contributed by atoms with van der Waals surface area (Å²) in [4.78, 5) is 11.6. The van der Waals surface area contributed by atoms with Crippen molar-refractivity contribution in [2.45, 2.75) is 29.5 Å². The van der Waals surface area contributed by atoms with Gasteiger partial charge in [0.2, 0.25) is 0 Å². The van der Waals surface area contributed by atoms with Crippen molar-refractivity contribution in [2.75, 3.05) is 7.05 Å². The quantitative estimate of drug-likeness (QED) is 0.614. The summed E-state index contributed by atoms with van der Waals surface area (Å²) in [5.41, 5.74) is 0.995. The first-order valence-corrected chi connectivity index (χ1v) is 8.79. The van der Waals surface area contributed by atoms with Crippen molar-refractivity contribution < 1.29 is 4.42 Å². The fourth-order valence-electron chi connectivity index (χ4n) is 2.27. The molecule has 0 saturated heterocycles. The molecule has 0 fully saturated rings. The minimum atomic E-state index is 0.186. The van der Waals surface area contributed by atoms with E-state index in [1.807, 2.05) is 42.5 Å². The molecule has 0 radical (unpaired) electrons. The van der Waals surface area contributed by atoms with Gasteiger partial charge in [-0.3, -0.25) is 4.90 Å². The number of aromatic nitrogens is 2. The zero-order valence-electron chi connectivity index (χ0n) is 13.5. The van der Waals surface area contributed by atoms with Crippen molar-refractivity contribution in [3.63, 3.8) is 0 Å². The Kier molecular flexibility index (Phi) is 5.56. The lowest BCUT2D eigenvalue weighted by Crippen LogP contribution is -2.22. The Morgan fingerprint density at radius 2 is 1.96 bits per heavy atom. The number of hydrogen-bond donors (Lipinski definition) is 0. The van der Waals surface area contributed by atoms with Gasteiger partial charge in [0.1, 0.15) is 12.1 Å². The summed E-state index contributed by atoms with van der Waals surface area (Å²) in [6, 6.07) is 13.9. The Morgan fingerprint density at radius 3 is 2.67 bits per heavy atom. The minimum Gasteiger partial charge on any atom is -0.453 e. The molecule has 0 amide bonds. The Hall–Kier alpha value is -1.82. The second-order valence-electron chi connectivity index (χ2n) is 5.50. The van der Waals surface area contributed by atoms with Crippen LogP contribution in [0.1, 0.15) is 24.4 Å². The number of nitrogens with zero attached hydrogens (tertiary/aromatic N) is 3. The molecule has 0 aliphatic heterocycles. The summed E-state index contributed by atoms with van der Waals surface area (Å²) in [5, 5.41) is 1.61. The predicted molar refractivity (Wildman–Crippen MR) is 96.2 cm³/mol. The van der Waals surface area contributed by atoms with Gasteiger partial charge in [-0.25, -0.2) is 9.97 Å². The summed E-state index contributed by atoms with van der Waals surface area (Å²) in [6.45, 7) is 2.83. The molecule has 24 heavy (non-hydrogen) atoms. The predicted octanol–water partition coefficient (Wildman–Crippen LogP) is 5.07. The average Bonchev–Trinajstić information content (AvgIpc) is 3.04. The van der Waals surface area contributed by atoms with E-state index < -0.39 is 0 Å². The van der Waals surface area contributed by atoms with E-state index in [-0.39, 0.29) is 6.04 Å². The zero-order chi connectivity index (χ0) is 16.9. The van der Waals surface area contributed by atoms with Crippen LogP contribution in [0.25, 0.3) is 0 Å². The lowest BCUT2D eigenvalue weighted by molar-refractivity contribution is 0.223. The van der Waals surface area contributed by atoms with E-state index in [0.717, 1.165) is 26.5 Å². The summed E-state index contributed by atoms with van der Waals surface area (Å²) in [6.07, 6.45) is 3.34. The number of hydrogen-bond acceptors (Lipinski definition) is 5. The standard InChI is InChI=1S/C18H18ClN3OS/c1-13(17-9-10-20-12-21-17)22(2)11-15-5-8-18(23-15)24-16-6-3-14(19)4-7-16/h3-10,12-13H,11H2,1-2H3. The third-order valence-corrected chi connectivity index (χ3v) is 4.95. The highest BCUT2D eigenvalue weighted by Crippen LogP contribution is 2.30. The van der Waals surface area contributed by atoms with Gasteiger partial charge in [0, 0.05) is 22.2 Å². The summed E-state index contributed by atoms with van der Waals surface area (Å²) in [7, 11) is 2.06. The second kappa shape index (κ2) is 7.83. The van der Waals surface area contributed by atoms with E-state index in [4.69, 9.17) is 16.0 Å². The van der Waals surface area contributed by atoms with Crippen LogP contribution in [0.15, 0.2) is 69.4 Å². The minimum absolute atomic E-state index is 0.186. The SMILES string of the molecule is CC(c1ccncn1)N(C)Cc1ccc(Sc2ccc(Cl)cc2)o1. The van der Waals surface area contributed by atoms with Crippen LogP contribution >= 0.6 is 23.4 Å².